The van der Waals surface area contributed by atoms with Gasteiger partial charge in [0, 0.05) is 9.52 Å². The Bertz CT molecular complexity index is 1250. The molecule has 1 radical (unpaired) electrons. The average molecular weight is 481 g/mol. The number of hydrogen-bond acceptors (Lipinski definition) is 0. The van der Waals surface area contributed by atoms with Gasteiger partial charge in [0.15, 0.2) is 0 Å². The fraction of sp³-hybridized carbons (Fsp3) is 0.0714. The van der Waals surface area contributed by atoms with Gasteiger partial charge in [-0.1, -0.05) is 95.3 Å². The first-order chi connectivity index (χ1) is 14.3. The number of benzene rings is 4. The van der Waals surface area contributed by atoms with E-state index in [0.29, 0.717) is 0 Å². The Morgan fingerprint density at radius 3 is 1.30 bits per heavy atom. The van der Waals surface area contributed by atoms with Gasteiger partial charge in [0.05, 0.1) is 0 Å². The zero-order valence-electron chi connectivity index (χ0n) is 17.5. The zero-order chi connectivity index (χ0) is 20.1. The van der Waals surface area contributed by atoms with E-state index in [2.05, 4.69) is 122 Å². The summed E-state index contributed by atoms with van der Waals surface area (Å²) < 4.78 is 0. The van der Waals surface area contributed by atoms with Gasteiger partial charge < -0.3 is 0 Å². The quantitative estimate of drug-likeness (QED) is 0.153. The fourth-order valence-corrected chi connectivity index (χ4v) is 3.78. The molecule has 0 saturated heterocycles. The molecule has 0 atom stereocenters. The molecule has 6 aromatic carbocycles. The third-order valence-corrected chi connectivity index (χ3v) is 5.09. The van der Waals surface area contributed by atoms with Gasteiger partial charge in [-0.05, 0) is 0 Å². The molecule has 0 aliphatic carbocycles. The van der Waals surface area contributed by atoms with E-state index in [1.807, 2.05) is 0 Å². The van der Waals surface area contributed by atoms with Gasteiger partial charge in [-0.15, -0.1) is 45.8 Å². The third kappa shape index (κ3) is 4.72. The molecule has 0 nitrogen and oxygen atoms in total. The van der Waals surface area contributed by atoms with Crippen molar-refractivity contribution in [3.63, 3.8) is 0 Å². The molecule has 0 fully saturated rings. The molecule has 6 aromatic rings. The molecule has 0 spiro atoms. The summed E-state index contributed by atoms with van der Waals surface area (Å²) in [6, 6.07) is 38.6. The average Bonchev–Trinajstić information content (AvgIpc) is 3.44. The van der Waals surface area contributed by atoms with Crippen LogP contribution in [0.2, 0.25) is 13.1 Å². The van der Waals surface area contributed by atoms with Crippen LogP contribution < -0.4 is 0 Å². The largest absolute Gasteiger partial charge is 2.00 e. The van der Waals surface area contributed by atoms with Gasteiger partial charge in [0.1, 0.15) is 0 Å². The van der Waals surface area contributed by atoms with E-state index < -0.39 is 0 Å². The normalized spacial score (nSPS) is 10.2. The van der Waals surface area contributed by atoms with Gasteiger partial charge in [0.25, 0.3) is 0 Å². The number of hydrogen-bond donors (Lipinski definition) is 0. The standard InChI is InChI=1S/2C13H9.C2H7Si.Zr/c2*1-2-6-12-10(4-1)8-9-11-5-3-7-13(11)12;1-3-2;/h2*1-9H;3H,1-2H3;/q2*-1;;+2. The minimum atomic E-state index is 0. The Morgan fingerprint density at radius 1 is 0.500 bits per heavy atom. The van der Waals surface area contributed by atoms with Crippen LogP contribution in [-0.2, 0) is 26.2 Å². The monoisotopic (exact) mass is 479 g/mol. The Balaban J connectivity index is 0.000000147. The maximum Gasteiger partial charge on any atom is 2.00 e. The van der Waals surface area contributed by atoms with Gasteiger partial charge >= 0.3 is 26.2 Å². The molecule has 0 aliphatic heterocycles. The molecular formula is C28H25SiZr. The van der Waals surface area contributed by atoms with Crippen molar-refractivity contribution in [1.82, 2.24) is 0 Å². The Morgan fingerprint density at radius 2 is 0.867 bits per heavy atom. The first kappa shape index (κ1) is 22.4. The van der Waals surface area contributed by atoms with E-state index in [1.165, 1.54) is 43.1 Å². The zero-order valence-corrected chi connectivity index (χ0v) is 21.1. The van der Waals surface area contributed by atoms with Crippen molar-refractivity contribution in [1.29, 1.82) is 0 Å². The maximum atomic E-state index is 2.21. The van der Waals surface area contributed by atoms with Gasteiger partial charge in [-0.3, -0.25) is 0 Å². The maximum absolute atomic E-state index is 2.21. The topological polar surface area (TPSA) is 0 Å². The second-order valence-corrected chi connectivity index (χ2v) is 8.36. The minimum Gasteiger partial charge on any atom is -0.168 e. The summed E-state index contributed by atoms with van der Waals surface area (Å²) in [7, 11) is 0.750. The molecule has 0 heterocycles. The minimum absolute atomic E-state index is 0. The van der Waals surface area contributed by atoms with Crippen molar-refractivity contribution >= 4 is 52.6 Å². The van der Waals surface area contributed by atoms with E-state index in [1.54, 1.807) is 0 Å². The van der Waals surface area contributed by atoms with Crippen molar-refractivity contribution in [2.75, 3.05) is 0 Å². The summed E-state index contributed by atoms with van der Waals surface area (Å²) in [6.07, 6.45) is 0. The van der Waals surface area contributed by atoms with E-state index in [4.69, 9.17) is 0 Å². The molecule has 30 heavy (non-hydrogen) atoms. The number of rotatable bonds is 0. The van der Waals surface area contributed by atoms with Crippen LogP contribution in [0.5, 0.6) is 0 Å². The summed E-state index contributed by atoms with van der Waals surface area (Å²) in [5.74, 6) is 0. The summed E-state index contributed by atoms with van der Waals surface area (Å²) >= 11 is 0. The van der Waals surface area contributed by atoms with Crippen LogP contribution in [0.3, 0.4) is 0 Å². The smallest absolute Gasteiger partial charge is 0.168 e. The predicted molar refractivity (Wildman–Crippen MR) is 133 cm³/mol. The van der Waals surface area contributed by atoms with Crippen molar-refractivity contribution in [2.24, 2.45) is 0 Å². The van der Waals surface area contributed by atoms with Gasteiger partial charge in [-0.25, -0.2) is 0 Å². The van der Waals surface area contributed by atoms with Crippen molar-refractivity contribution in [3.05, 3.63) is 109 Å². The predicted octanol–water partition coefficient (Wildman–Crippen LogP) is 7.94. The summed E-state index contributed by atoms with van der Waals surface area (Å²) in [4.78, 5) is 0. The van der Waals surface area contributed by atoms with Crippen molar-refractivity contribution < 1.29 is 26.2 Å². The van der Waals surface area contributed by atoms with Crippen LogP contribution in [0.15, 0.2) is 109 Å². The van der Waals surface area contributed by atoms with E-state index in [-0.39, 0.29) is 26.2 Å². The van der Waals surface area contributed by atoms with Crippen LogP contribution in [0.25, 0.3) is 43.1 Å². The van der Waals surface area contributed by atoms with Crippen molar-refractivity contribution in [2.45, 2.75) is 13.1 Å². The van der Waals surface area contributed by atoms with E-state index in [0.717, 1.165) is 9.52 Å². The molecular weight excluding hydrogens is 456 g/mol. The fourth-order valence-electron chi connectivity index (χ4n) is 3.78. The Hall–Kier alpha value is -2.28. The van der Waals surface area contributed by atoms with Gasteiger partial charge in [-0.2, -0.15) is 24.3 Å². The van der Waals surface area contributed by atoms with Crippen LogP contribution in [0, 0.1) is 0 Å². The van der Waals surface area contributed by atoms with Crippen LogP contribution >= 0.6 is 0 Å². The second kappa shape index (κ2) is 10.7. The van der Waals surface area contributed by atoms with E-state index >= 15 is 0 Å². The summed E-state index contributed by atoms with van der Waals surface area (Å²) in [5, 5.41) is 10.7. The molecule has 0 unspecified atom stereocenters. The molecule has 2 heteroatoms. The summed E-state index contributed by atoms with van der Waals surface area (Å²) in [6.45, 7) is 4.42. The SMILES string of the molecule is C[SiH]C.[Zr+2].c1ccc2c(c1)ccc1cc[cH-]c12.c1ccc2c(c1)ccc1cc[cH-]c12. The first-order valence-corrected chi connectivity index (χ1v) is 12.4. The molecule has 0 N–H and O–H groups in total. The molecule has 145 valence electrons. The first-order valence-electron chi connectivity index (χ1n) is 10.1. The van der Waals surface area contributed by atoms with Crippen LogP contribution in [-0.4, -0.2) is 9.52 Å². The van der Waals surface area contributed by atoms with E-state index in [9.17, 15) is 0 Å². The Kier molecular flexibility index (Phi) is 7.96. The van der Waals surface area contributed by atoms with Crippen LogP contribution in [0.4, 0.5) is 0 Å². The molecule has 6 rings (SSSR count). The third-order valence-electron chi connectivity index (χ3n) is 5.09. The summed E-state index contributed by atoms with van der Waals surface area (Å²) in [5.41, 5.74) is 0. The number of fused-ring (bicyclic) bond motifs is 6. The molecule has 0 aliphatic rings. The van der Waals surface area contributed by atoms with Gasteiger partial charge in [0.2, 0.25) is 0 Å². The molecule has 0 amide bonds. The second-order valence-electron chi connectivity index (χ2n) is 7.21. The molecule has 0 aromatic heterocycles. The molecule has 0 saturated carbocycles. The van der Waals surface area contributed by atoms with Crippen molar-refractivity contribution in [3.8, 4) is 0 Å². The molecule has 0 bridgehead atoms. The Labute approximate surface area is 200 Å². The van der Waals surface area contributed by atoms with Crippen LogP contribution in [0.1, 0.15) is 0 Å².